The van der Waals surface area contributed by atoms with Crippen LogP contribution < -0.4 is 15.4 Å². The van der Waals surface area contributed by atoms with Crippen LogP contribution in [0.1, 0.15) is 29.0 Å². The van der Waals surface area contributed by atoms with E-state index in [9.17, 15) is 9.59 Å². The van der Waals surface area contributed by atoms with E-state index in [-0.39, 0.29) is 30.1 Å². The number of amides is 2. The molecular formula is C28H26N2O5. The van der Waals surface area contributed by atoms with E-state index in [0.29, 0.717) is 29.3 Å². The summed E-state index contributed by atoms with van der Waals surface area (Å²) in [6, 6.07) is 23.7. The van der Waals surface area contributed by atoms with Gasteiger partial charge in [-0.05, 0) is 54.8 Å². The van der Waals surface area contributed by atoms with Crippen LogP contribution in [0, 0.1) is 0 Å². The fourth-order valence-corrected chi connectivity index (χ4v) is 4.01. The van der Waals surface area contributed by atoms with E-state index >= 15 is 0 Å². The van der Waals surface area contributed by atoms with Gasteiger partial charge in [-0.3, -0.25) is 9.59 Å². The lowest BCUT2D eigenvalue weighted by molar-refractivity contribution is -0.115. The number of ether oxygens (including phenoxy) is 2. The molecule has 0 bridgehead atoms. The summed E-state index contributed by atoms with van der Waals surface area (Å²) >= 11 is 0. The fraction of sp³-hybridized carbons (Fsp3) is 0.214. The summed E-state index contributed by atoms with van der Waals surface area (Å²) in [6.45, 7) is 1.30. The molecule has 4 aromatic rings. The molecule has 1 saturated heterocycles. The Bertz CT molecular complexity index is 1290. The maximum Gasteiger partial charge on any atom is 0.291 e. The van der Waals surface area contributed by atoms with Crippen LogP contribution in [-0.2, 0) is 16.0 Å². The van der Waals surface area contributed by atoms with Gasteiger partial charge in [0.25, 0.3) is 5.91 Å². The third kappa shape index (κ3) is 5.88. The van der Waals surface area contributed by atoms with Gasteiger partial charge in [0, 0.05) is 29.4 Å². The molecule has 2 amide bonds. The molecule has 3 aromatic carbocycles. The van der Waals surface area contributed by atoms with E-state index in [1.54, 1.807) is 18.2 Å². The minimum Gasteiger partial charge on any atom is -0.491 e. The first kappa shape index (κ1) is 22.7. The van der Waals surface area contributed by atoms with Gasteiger partial charge in [0.05, 0.1) is 12.5 Å². The highest BCUT2D eigenvalue weighted by Crippen LogP contribution is 2.22. The van der Waals surface area contributed by atoms with Crippen LogP contribution in [0.15, 0.2) is 83.3 Å². The minimum absolute atomic E-state index is 0.139. The highest BCUT2D eigenvalue weighted by atomic mass is 16.5. The van der Waals surface area contributed by atoms with Gasteiger partial charge in [0.1, 0.15) is 17.9 Å². The SMILES string of the molecule is O=C(Cc1ccc(NC(=O)c2cc3ccccc3o2)cc1)Nc1cccc(OCC2CCCO2)c1. The Balaban J connectivity index is 1.13. The van der Waals surface area contributed by atoms with Crippen LogP contribution in [0.3, 0.4) is 0 Å². The number of benzene rings is 3. The van der Waals surface area contributed by atoms with E-state index in [4.69, 9.17) is 13.9 Å². The van der Waals surface area contributed by atoms with Gasteiger partial charge >= 0.3 is 0 Å². The molecule has 2 N–H and O–H groups in total. The maximum absolute atomic E-state index is 12.5. The third-order valence-electron chi connectivity index (χ3n) is 5.80. The molecule has 0 saturated carbocycles. The lowest BCUT2D eigenvalue weighted by Crippen LogP contribution is -2.17. The molecule has 35 heavy (non-hydrogen) atoms. The number of fused-ring (bicyclic) bond motifs is 1. The number of hydrogen-bond acceptors (Lipinski definition) is 5. The summed E-state index contributed by atoms with van der Waals surface area (Å²) in [5, 5.41) is 6.60. The lowest BCUT2D eigenvalue weighted by Gasteiger charge is -2.12. The summed E-state index contributed by atoms with van der Waals surface area (Å²) in [4.78, 5) is 25.1. The van der Waals surface area contributed by atoms with Gasteiger partial charge in [-0.25, -0.2) is 0 Å². The van der Waals surface area contributed by atoms with Crippen molar-refractivity contribution in [3.63, 3.8) is 0 Å². The molecule has 7 heteroatoms. The predicted octanol–water partition coefficient (Wildman–Crippen LogP) is 5.42. The third-order valence-corrected chi connectivity index (χ3v) is 5.80. The van der Waals surface area contributed by atoms with Crippen molar-refractivity contribution >= 4 is 34.2 Å². The quantitative estimate of drug-likeness (QED) is 0.359. The fourth-order valence-electron chi connectivity index (χ4n) is 4.01. The van der Waals surface area contributed by atoms with Gasteiger partial charge < -0.3 is 24.5 Å². The first-order chi connectivity index (χ1) is 17.1. The Morgan fingerprint density at radius 1 is 0.914 bits per heavy atom. The molecule has 7 nitrogen and oxygen atoms in total. The van der Waals surface area contributed by atoms with Crippen molar-refractivity contribution in [1.82, 2.24) is 0 Å². The minimum atomic E-state index is -0.326. The Morgan fingerprint density at radius 3 is 2.57 bits per heavy atom. The molecule has 1 aliphatic rings. The standard InChI is InChI=1S/C28H26N2O5/c31-27(29-22-6-3-7-23(17-22)34-18-24-8-4-14-33-24)15-19-10-12-21(13-11-19)30-28(32)26-16-20-5-1-2-9-25(20)35-26/h1-3,5-7,9-13,16-17,24H,4,8,14-15,18H2,(H,29,31)(H,30,32). The van der Waals surface area contributed by atoms with E-state index in [2.05, 4.69) is 10.6 Å². The van der Waals surface area contributed by atoms with Crippen molar-refractivity contribution in [3.8, 4) is 5.75 Å². The number of furan rings is 1. The van der Waals surface area contributed by atoms with Crippen molar-refractivity contribution in [1.29, 1.82) is 0 Å². The maximum atomic E-state index is 12.5. The topological polar surface area (TPSA) is 89.8 Å². The molecule has 0 spiro atoms. The number of rotatable bonds is 8. The van der Waals surface area contributed by atoms with Gasteiger partial charge in [0.15, 0.2) is 5.76 Å². The van der Waals surface area contributed by atoms with Crippen molar-refractivity contribution in [2.24, 2.45) is 0 Å². The monoisotopic (exact) mass is 470 g/mol. The number of nitrogens with one attached hydrogen (secondary N) is 2. The zero-order valence-corrected chi connectivity index (χ0v) is 19.2. The molecule has 1 atom stereocenters. The van der Waals surface area contributed by atoms with Crippen molar-refractivity contribution in [2.45, 2.75) is 25.4 Å². The van der Waals surface area contributed by atoms with Crippen LogP contribution >= 0.6 is 0 Å². The second-order valence-corrected chi connectivity index (χ2v) is 8.50. The molecule has 178 valence electrons. The van der Waals surface area contributed by atoms with E-state index in [0.717, 1.165) is 30.4 Å². The lowest BCUT2D eigenvalue weighted by atomic mass is 10.1. The average molecular weight is 471 g/mol. The Hall–Kier alpha value is -4.10. The number of para-hydroxylation sites is 1. The summed E-state index contributed by atoms with van der Waals surface area (Å²) in [5.74, 6) is 0.480. The molecular weight excluding hydrogens is 444 g/mol. The molecule has 1 aromatic heterocycles. The predicted molar refractivity (Wildman–Crippen MR) is 134 cm³/mol. The molecule has 1 aliphatic heterocycles. The average Bonchev–Trinajstić information content (AvgIpc) is 3.54. The van der Waals surface area contributed by atoms with Gasteiger partial charge in [-0.1, -0.05) is 36.4 Å². The first-order valence-electron chi connectivity index (χ1n) is 11.7. The Morgan fingerprint density at radius 2 is 1.77 bits per heavy atom. The second-order valence-electron chi connectivity index (χ2n) is 8.50. The number of carbonyl (C=O) groups excluding carboxylic acids is 2. The van der Waals surface area contributed by atoms with Crippen LogP contribution in [0.25, 0.3) is 11.0 Å². The highest BCUT2D eigenvalue weighted by molar-refractivity contribution is 6.04. The smallest absolute Gasteiger partial charge is 0.291 e. The summed E-state index contributed by atoms with van der Waals surface area (Å²) < 4.78 is 17.0. The normalized spacial score (nSPS) is 15.1. The molecule has 0 radical (unpaired) electrons. The second kappa shape index (κ2) is 10.4. The highest BCUT2D eigenvalue weighted by Gasteiger charge is 2.16. The molecule has 5 rings (SSSR count). The molecule has 0 aliphatic carbocycles. The zero-order valence-electron chi connectivity index (χ0n) is 19.2. The Labute approximate surface area is 203 Å². The largest absolute Gasteiger partial charge is 0.491 e. The molecule has 1 fully saturated rings. The van der Waals surface area contributed by atoms with Crippen LogP contribution in [-0.4, -0.2) is 31.1 Å². The van der Waals surface area contributed by atoms with Crippen LogP contribution in [0.2, 0.25) is 0 Å². The number of anilines is 2. The van der Waals surface area contributed by atoms with Crippen molar-refractivity contribution < 1.29 is 23.5 Å². The Kier molecular flexibility index (Phi) is 6.77. The van der Waals surface area contributed by atoms with Gasteiger partial charge in [-0.15, -0.1) is 0 Å². The van der Waals surface area contributed by atoms with E-state index < -0.39 is 0 Å². The summed E-state index contributed by atoms with van der Waals surface area (Å²) in [6.07, 6.45) is 2.43. The van der Waals surface area contributed by atoms with E-state index in [1.165, 1.54) is 0 Å². The van der Waals surface area contributed by atoms with Gasteiger partial charge in [-0.2, -0.15) is 0 Å². The van der Waals surface area contributed by atoms with E-state index in [1.807, 2.05) is 60.7 Å². The first-order valence-corrected chi connectivity index (χ1v) is 11.7. The van der Waals surface area contributed by atoms with Crippen molar-refractivity contribution in [3.05, 3.63) is 90.2 Å². The zero-order chi connectivity index (χ0) is 24.0. The van der Waals surface area contributed by atoms with Crippen molar-refractivity contribution in [2.75, 3.05) is 23.8 Å². The summed E-state index contributed by atoms with van der Waals surface area (Å²) in [7, 11) is 0. The summed E-state index contributed by atoms with van der Waals surface area (Å²) in [5.41, 5.74) is 2.79. The molecule has 2 heterocycles. The van der Waals surface area contributed by atoms with Gasteiger partial charge in [0.2, 0.25) is 5.91 Å². The number of hydrogen-bond donors (Lipinski definition) is 2. The number of carbonyl (C=O) groups is 2. The van der Waals surface area contributed by atoms with Crippen LogP contribution in [0.4, 0.5) is 11.4 Å². The van der Waals surface area contributed by atoms with Crippen LogP contribution in [0.5, 0.6) is 5.75 Å². The molecule has 1 unspecified atom stereocenters.